The van der Waals surface area contributed by atoms with E-state index in [1.807, 2.05) is 73.1 Å². The van der Waals surface area contributed by atoms with Crippen LogP contribution in [0.2, 0.25) is 5.02 Å². The molecule has 0 spiro atoms. The minimum Gasteiger partial charge on any atom is -0.496 e. The molecule has 0 aliphatic carbocycles. The van der Waals surface area contributed by atoms with E-state index < -0.39 is 0 Å². The van der Waals surface area contributed by atoms with Crippen LogP contribution in [0.15, 0.2) is 78.9 Å². The Hall–Kier alpha value is -4.03. The molecule has 0 aliphatic heterocycles. The Kier molecular flexibility index (Phi) is 8.08. The molecule has 0 atom stereocenters. The largest absolute Gasteiger partial charge is 0.496 e. The number of hydrogen-bond acceptors (Lipinski definition) is 4. The number of rotatable bonds is 9. The van der Waals surface area contributed by atoms with Crippen LogP contribution < -0.4 is 14.8 Å². The van der Waals surface area contributed by atoms with Crippen molar-refractivity contribution in [2.24, 2.45) is 0 Å². The maximum Gasteiger partial charge on any atom is 0.248 e. The fourth-order valence-corrected chi connectivity index (χ4v) is 3.89. The predicted octanol–water partition coefficient (Wildman–Crippen LogP) is 6.44. The molecular formula is C29H28ClN3O3. The van der Waals surface area contributed by atoms with Crippen LogP contribution >= 0.6 is 11.6 Å². The van der Waals surface area contributed by atoms with Gasteiger partial charge in [-0.05, 0) is 85.6 Å². The van der Waals surface area contributed by atoms with E-state index in [0.717, 1.165) is 33.8 Å². The average molecular weight is 502 g/mol. The van der Waals surface area contributed by atoms with Crippen LogP contribution in [0.5, 0.6) is 11.5 Å². The number of anilines is 1. The second-order valence-electron chi connectivity index (χ2n) is 8.42. The lowest BCUT2D eigenvalue weighted by Crippen LogP contribution is -2.08. The van der Waals surface area contributed by atoms with Gasteiger partial charge in [0.25, 0.3) is 0 Å². The van der Waals surface area contributed by atoms with Crippen LogP contribution in [-0.2, 0) is 17.9 Å². The lowest BCUT2D eigenvalue weighted by Gasteiger charge is -2.11. The Balaban J connectivity index is 1.36. The van der Waals surface area contributed by atoms with Crippen molar-refractivity contribution in [2.75, 3.05) is 12.4 Å². The van der Waals surface area contributed by atoms with Gasteiger partial charge in [-0.3, -0.25) is 9.48 Å². The zero-order chi connectivity index (χ0) is 25.5. The summed E-state index contributed by atoms with van der Waals surface area (Å²) in [6.07, 6.45) is 3.27. The van der Waals surface area contributed by atoms with E-state index in [9.17, 15) is 4.79 Å². The number of aromatic nitrogens is 2. The zero-order valence-electron chi connectivity index (χ0n) is 20.5. The topological polar surface area (TPSA) is 65.4 Å². The van der Waals surface area contributed by atoms with E-state index in [0.29, 0.717) is 29.7 Å². The molecule has 0 bridgehead atoms. The molecule has 1 N–H and O–H groups in total. The first-order valence-electron chi connectivity index (χ1n) is 11.5. The standard InChI is InChI=1S/C29H28ClN3O3/c1-20-16-21(2)33(32-20)18-23-4-10-26(11-5-23)31-29(34)15-7-22-6-14-28(35-3)24(17-22)19-36-27-12-8-25(30)9-13-27/h4-17H,18-19H2,1-3H3,(H,31,34)/b15-7-. The zero-order valence-corrected chi connectivity index (χ0v) is 21.3. The highest BCUT2D eigenvalue weighted by Crippen LogP contribution is 2.24. The van der Waals surface area contributed by atoms with Crippen molar-refractivity contribution in [3.05, 3.63) is 112 Å². The third-order valence-electron chi connectivity index (χ3n) is 5.60. The van der Waals surface area contributed by atoms with Crippen LogP contribution in [0, 0.1) is 13.8 Å². The highest BCUT2D eigenvalue weighted by Gasteiger charge is 2.07. The summed E-state index contributed by atoms with van der Waals surface area (Å²) >= 11 is 5.93. The predicted molar refractivity (Wildman–Crippen MR) is 144 cm³/mol. The number of nitrogens with zero attached hydrogens (tertiary/aromatic N) is 2. The molecule has 0 saturated carbocycles. The Morgan fingerprint density at radius 3 is 2.44 bits per heavy atom. The van der Waals surface area contributed by atoms with Gasteiger partial charge in [0.15, 0.2) is 0 Å². The third kappa shape index (κ3) is 6.77. The van der Waals surface area contributed by atoms with Crippen molar-refractivity contribution in [3.63, 3.8) is 0 Å². The number of halogens is 1. The first-order valence-corrected chi connectivity index (χ1v) is 11.9. The number of hydrogen-bond donors (Lipinski definition) is 1. The maximum atomic E-state index is 12.5. The summed E-state index contributed by atoms with van der Waals surface area (Å²) in [5.74, 6) is 1.21. The molecule has 3 aromatic carbocycles. The van der Waals surface area contributed by atoms with Gasteiger partial charge in [-0.25, -0.2) is 0 Å². The lowest BCUT2D eigenvalue weighted by atomic mass is 10.1. The van der Waals surface area contributed by atoms with Gasteiger partial charge in [0.2, 0.25) is 5.91 Å². The quantitative estimate of drug-likeness (QED) is 0.268. The second kappa shape index (κ2) is 11.6. The molecule has 1 aromatic heterocycles. The van der Waals surface area contributed by atoms with Crippen molar-refractivity contribution >= 4 is 29.3 Å². The monoisotopic (exact) mass is 501 g/mol. The van der Waals surface area contributed by atoms with Crippen molar-refractivity contribution in [2.45, 2.75) is 27.0 Å². The van der Waals surface area contributed by atoms with E-state index in [-0.39, 0.29) is 5.91 Å². The summed E-state index contributed by atoms with van der Waals surface area (Å²) in [5, 5.41) is 8.05. The smallest absolute Gasteiger partial charge is 0.248 e. The van der Waals surface area contributed by atoms with Gasteiger partial charge in [-0.2, -0.15) is 5.10 Å². The summed E-state index contributed by atoms with van der Waals surface area (Å²) in [6, 6.07) is 22.7. The highest BCUT2D eigenvalue weighted by molar-refractivity contribution is 6.30. The Bertz CT molecular complexity index is 1360. The van der Waals surface area contributed by atoms with E-state index >= 15 is 0 Å². The summed E-state index contributed by atoms with van der Waals surface area (Å²) in [7, 11) is 1.62. The molecule has 1 amide bonds. The van der Waals surface area contributed by atoms with Gasteiger partial charge in [0.05, 0.1) is 19.3 Å². The molecule has 1 heterocycles. The first kappa shape index (κ1) is 25.1. The maximum absolute atomic E-state index is 12.5. The lowest BCUT2D eigenvalue weighted by molar-refractivity contribution is -0.111. The van der Waals surface area contributed by atoms with Gasteiger partial charge < -0.3 is 14.8 Å². The second-order valence-corrected chi connectivity index (χ2v) is 8.85. The normalized spacial score (nSPS) is 11.0. The SMILES string of the molecule is COc1ccc(/C=C\C(=O)Nc2ccc(Cn3nc(C)cc3C)cc2)cc1COc1ccc(Cl)cc1. The van der Waals surface area contributed by atoms with Crippen LogP contribution in [0.4, 0.5) is 5.69 Å². The summed E-state index contributed by atoms with van der Waals surface area (Å²) in [5.41, 5.74) is 5.69. The minimum atomic E-state index is -0.212. The Labute approximate surface area is 216 Å². The number of amides is 1. The molecule has 0 aliphatic rings. The van der Waals surface area contributed by atoms with Crippen molar-refractivity contribution < 1.29 is 14.3 Å². The summed E-state index contributed by atoms with van der Waals surface area (Å²) in [4.78, 5) is 12.5. The molecule has 0 saturated heterocycles. The van der Waals surface area contributed by atoms with E-state index in [1.165, 1.54) is 6.08 Å². The number of methoxy groups -OCH3 is 1. The summed E-state index contributed by atoms with van der Waals surface area (Å²) in [6.45, 7) is 5.04. The van der Waals surface area contributed by atoms with E-state index in [4.69, 9.17) is 21.1 Å². The van der Waals surface area contributed by atoms with Crippen LogP contribution in [0.25, 0.3) is 6.08 Å². The average Bonchev–Trinajstić information content (AvgIpc) is 3.19. The molecular weight excluding hydrogens is 474 g/mol. The van der Waals surface area contributed by atoms with Gasteiger partial charge in [0.1, 0.15) is 18.1 Å². The van der Waals surface area contributed by atoms with Crippen molar-refractivity contribution in [1.29, 1.82) is 0 Å². The Morgan fingerprint density at radius 1 is 1.03 bits per heavy atom. The van der Waals surface area contributed by atoms with Gasteiger partial charge in [-0.15, -0.1) is 0 Å². The molecule has 0 radical (unpaired) electrons. The molecule has 184 valence electrons. The molecule has 4 rings (SSSR count). The van der Waals surface area contributed by atoms with Crippen molar-refractivity contribution in [3.8, 4) is 11.5 Å². The van der Waals surface area contributed by atoms with Gasteiger partial charge in [-0.1, -0.05) is 29.8 Å². The number of aryl methyl sites for hydroxylation is 2. The van der Waals surface area contributed by atoms with Crippen LogP contribution in [-0.4, -0.2) is 22.8 Å². The number of carbonyl (C=O) groups is 1. The van der Waals surface area contributed by atoms with Crippen LogP contribution in [0.1, 0.15) is 28.1 Å². The van der Waals surface area contributed by atoms with Gasteiger partial charge >= 0.3 is 0 Å². The fourth-order valence-electron chi connectivity index (χ4n) is 3.76. The van der Waals surface area contributed by atoms with E-state index in [2.05, 4.69) is 16.5 Å². The molecule has 36 heavy (non-hydrogen) atoms. The molecule has 0 unspecified atom stereocenters. The van der Waals surface area contributed by atoms with Crippen molar-refractivity contribution in [1.82, 2.24) is 9.78 Å². The summed E-state index contributed by atoms with van der Waals surface area (Å²) < 4.78 is 13.3. The molecule has 6 nitrogen and oxygen atoms in total. The third-order valence-corrected chi connectivity index (χ3v) is 5.85. The number of nitrogens with one attached hydrogen (secondary N) is 1. The number of benzene rings is 3. The van der Waals surface area contributed by atoms with Crippen LogP contribution in [0.3, 0.4) is 0 Å². The Morgan fingerprint density at radius 2 is 1.78 bits per heavy atom. The minimum absolute atomic E-state index is 0.212. The fraction of sp³-hybridized carbons (Fsp3) is 0.172. The highest BCUT2D eigenvalue weighted by atomic mass is 35.5. The number of ether oxygens (including phenoxy) is 2. The molecule has 4 aromatic rings. The first-order chi connectivity index (χ1) is 17.4. The molecule has 0 fully saturated rings. The number of carbonyl (C=O) groups excluding carboxylic acids is 1. The molecule has 7 heteroatoms. The van der Waals surface area contributed by atoms with Gasteiger partial charge in [0, 0.05) is 28.0 Å². The van der Waals surface area contributed by atoms with E-state index in [1.54, 1.807) is 25.3 Å².